The van der Waals surface area contributed by atoms with Gasteiger partial charge in [0.15, 0.2) is 0 Å². The van der Waals surface area contributed by atoms with Crippen molar-refractivity contribution in [3.8, 4) is 22.5 Å². The van der Waals surface area contributed by atoms with Gasteiger partial charge in [0.2, 0.25) is 5.95 Å². The highest BCUT2D eigenvalue weighted by Gasteiger charge is 2.20. The molecule has 2 N–H and O–H groups in total. The molecule has 0 bridgehead atoms. The summed E-state index contributed by atoms with van der Waals surface area (Å²) in [4.78, 5) is 24.4. The van der Waals surface area contributed by atoms with Gasteiger partial charge in [-0.15, -0.1) is 0 Å². The summed E-state index contributed by atoms with van der Waals surface area (Å²) in [7, 11) is 2.12. The number of halogens is 2. The molecular weight excluding hydrogens is 560 g/mol. The summed E-state index contributed by atoms with van der Waals surface area (Å²) < 4.78 is 29.7. The van der Waals surface area contributed by atoms with E-state index in [0.29, 0.717) is 28.6 Å². The molecule has 0 radical (unpaired) electrons. The summed E-state index contributed by atoms with van der Waals surface area (Å²) in [5.41, 5.74) is 7.19. The lowest BCUT2D eigenvalue weighted by molar-refractivity contribution is 0.102. The van der Waals surface area contributed by atoms with Gasteiger partial charge in [0.25, 0.3) is 5.91 Å². The van der Waals surface area contributed by atoms with Crippen LogP contribution in [0.1, 0.15) is 21.5 Å². The summed E-state index contributed by atoms with van der Waals surface area (Å²) in [6.07, 6.45) is 4.59. The van der Waals surface area contributed by atoms with Crippen molar-refractivity contribution < 1.29 is 13.6 Å². The second-order valence-electron chi connectivity index (χ2n) is 10.8. The maximum Gasteiger partial charge on any atom is 0.258 e. The monoisotopic (exact) mass is 587 g/mol. The Morgan fingerprint density at radius 2 is 1.82 bits per heavy atom. The molecule has 0 saturated heterocycles. The summed E-state index contributed by atoms with van der Waals surface area (Å²) >= 11 is 0. The first-order chi connectivity index (χ1) is 21.4. The first-order valence-electron chi connectivity index (χ1n) is 14.2. The second kappa shape index (κ2) is 11.3. The fourth-order valence-corrected chi connectivity index (χ4v) is 5.53. The number of rotatable bonds is 6. The molecule has 0 saturated carbocycles. The van der Waals surface area contributed by atoms with E-state index in [1.165, 1.54) is 11.1 Å². The second-order valence-corrected chi connectivity index (χ2v) is 10.8. The largest absolute Gasteiger partial charge is 0.324 e. The predicted molar refractivity (Wildman–Crippen MR) is 166 cm³/mol. The molecule has 3 aromatic heterocycles. The number of nitrogens with one attached hydrogen (secondary N) is 2. The topological polar surface area (TPSA) is 87.5 Å². The highest BCUT2D eigenvalue weighted by atomic mass is 19.1. The first kappa shape index (κ1) is 27.4. The Balaban J connectivity index is 1.23. The van der Waals surface area contributed by atoms with Gasteiger partial charge in [0.1, 0.15) is 17.3 Å². The molecule has 1 aliphatic rings. The van der Waals surface area contributed by atoms with Crippen LogP contribution in [0, 0.1) is 11.6 Å². The standard InChI is InChI=1S/C34H27F2N7O/c1-42-16-13-21-8-10-26(18-23(21)20-42)39-34-37-14-12-29(40-34)31-30-7-2-3-15-43(30)41-32(31)22-5-4-6-25(17-22)38-33(44)27-19-24(35)9-11-28(27)36/h2-12,14-15,17-19H,13,16,20H2,1H3,(H,38,44)(H,37,39,40). The highest BCUT2D eigenvalue weighted by Crippen LogP contribution is 2.35. The van der Waals surface area contributed by atoms with Crippen molar-refractivity contribution in [3.63, 3.8) is 0 Å². The minimum absolute atomic E-state index is 0.379. The van der Waals surface area contributed by atoms with E-state index < -0.39 is 17.5 Å². The zero-order valence-corrected chi connectivity index (χ0v) is 23.8. The van der Waals surface area contributed by atoms with Gasteiger partial charge in [-0.05, 0) is 85.3 Å². The van der Waals surface area contributed by atoms with Crippen LogP contribution in [0.25, 0.3) is 28.0 Å². The molecule has 1 amide bonds. The molecule has 44 heavy (non-hydrogen) atoms. The number of likely N-dealkylation sites (N-methyl/N-ethyl adjacent to an activating group) is 1. The Kier molecular flexibility index (Phi) is 7.03. The third kappa shape index (κ3) is 5.38. The number of fused-ring (bicyclic) bond motifs is 2. The predicted octanol–water partition coefficient (Wildman–Crippen LogP) is 6.72. The van der Waals surface area contributed by atoms with Gasteiger partial charge < -0.3 is 15.5 Å². The van der Waals surface area contributed by atoms with Crippen LogP contribution in [0.15, 0.2) is 97.3 Å². The molecule has 4 heterocycles. The smallest absolute Gasteiger partial charge is 0.258 e. The molecule has 218 valence electrons. The van der Waals surface area contributed by atoms with Crippen LogP contribution in [-0.4, -0.2) is 44.0 Å². The van der Waals surface area contributed by atoms with Gasteiger partial charge >= 0.3 is 0 Å². The number of nitrogens with zero attached hydrogens (tertiary/aromatic N) is 5. The molecule has 10 heteroatoms. The van der Waals surface area contributed by atoms with Crippen molar-refractivity contribution in [1.29, 1.82) is 0 Å². The summed E-state index contributed by atoms with van der Waals surface area (Å²) in [5, 5.41) is 10.9. The van der Waals surface area contributed by atoms with Crippen LogP contribution in [-0.2, 0) is 13.0 Å². The van der Waals surface area contributed by atoms with Crippen molar-refractivity contribution >= 4 is 28.7 Å². The van der Waals surface area contributed by atoms with Crippen LogP contribution in [0.3, 0.4) is 0 Å². The van der Waals surface area contributed by atoms with Gasteiger partial charge in [-0.2, -0.15) is 5.10 Å². The molecule has 0 unspecified atom stereocenters. The van der Waals surface area contributed by atoms with E-state index in [1.54, 1.807) is 28.9 Å². The van der Waals surface area contributed by atoms with Crippen molar-refractivity contribution in [2.75, 3.05) is 24.2 Å². The van der Waals surface area contributed by atoms with Crippen LogP contribution in [0.2, 0.25) is 0 Å². The Morgan fingerprint density at radius 3 is 2.73 bits per heavy atom. The van der Waals surface area contributed by atoms with Crippen molar-refractivity contribution in [2.24, 2.45) is 0 Å². The number of pyridine rings is 1. The van der Waals surface area contributed by atoms with E-state index in [1.807, 2.05) is 36.5 Å². The van der Waals surface area contributed by atoms with Crippen LogP contribution in [0.5, 0.6) is 0 Å². The van der Waals surface area contributed by atoms with Gasteiger partial charge in [-0.1, -0.05) is 24.3 Å². The highest BCUT2D eigenvalue weighted by molar-refractivity contribution is 6.05. The number of anilines is 3. The normalized spacial score (nSPS) is 13.1. The molecule has 0 atom stereocenters. The maximum atomic E-state index is 14.2. The zero-order chi connectivity index (χ0) is 30.2. The average Bonchev–Trinajstić information content (AvgIpc) is 3.42. The van der Waals surface area contributed by atoms with Gasteiger partial charge in [-0.3, -0.25) is 4.79 Å². The Labute approximate surface area is 252 Å². The van der Waals surface area contributed by atoms with Crippen molar-refractivity contribution in [2.45, 2.75) is 13.0 Å². The SMILES string of the molecule is CN1CCc2ccc(Nc3nccc(-c4c(-c5cccc(NC(=O)c6cc(F)ccc6F)c5)nn5ccccc45)n3)cc2C1. The van der Waals surface area contributed by atoms with Crippen LogP contribution in [0.4, 0.5) is 26.1 Å². The average molecular weight is 588 g/mol. The van der Waals surface area contributed by atoms with Crippen LogP contribution >= 0.6 is 0 Å². The van der Waals surface area contributed by atoms with Crippen molar-refractivity contribution in [1.82, 2.24) is 24.5 Å². The zero-order valence-electron chi connectivity index (χ0n) is 23.8. The number of aromatic nitrogens is 4. The Morgan fingerprint density at radius 1 is 0.909 bits per heavy atom. The third-order valence-corrected chi connectivity index (χ3v) is 7.68. The number of carbonyl (C=O) groups is 1. The van der Waals surface area contributed by atoms with E-state index in [9.17, 15) is 13.6 Å². The number of benzene rings is 3. The molecule has 0 aliphatic carbocycles. The van der Waals surface area contributed by atoms with Gasteiger partial charge in [0, 0.05) is 42.4 Å². The van der Waals surface area contributed by atoms with E-state index in [-0.39, 0.29) is 5.56 Å². The summed E-state index contributed by atoms with van der Waals surface area (Å²) in [5.74, 6) is -1.81. The lowest BCUT2D eigenvalue weighted by Gasteiger charge is -2.25. The molecule has 6 aromatic rings. The number of hydrogen-bond acceptors (Lipinski definition) is 6. The van der Waals surface area contributed by atoms with E-state index in [4.69, 9.17) is 10.1 Å². The summed E-state index contributed by atoms with van der Waals surface area (Å²) in [6.45, 7) is 1.95. The minimum Gasteiger partial charge on any atom is -0.324 e. The molecule has 3 aromatic carbocycles. The van der Waals surface area contributed by atoms with E-state index in [2.05, 4.69) is 45.8 Å². The minimum atomic E-state index is -0.807. The lowest BCUT2D eigenvalue weighted by Crippen LogP contribution is -2.26. The molecular formula is C34H27F2N7O. The maximum absolute atomic E-state index is 14.2. The molecule has 1 aliphatic heterocycles. The third-order valence-electron chi connectivity index (χ3n) is 7.68. The number of hydrogen-bond donors (Lipinski definition) is 2. The van der Waals surface area contributed by atoms with Crippen LogP contribution < -0.4 is 10.6 Å². The molecule has 8 nitrogen and oxygen atoms in total. The Bertz CT molecular complexity index is 2040. The molecule has 0 spiro atoms. The molecule has 7 rings (SSSR count). The van der Waals surface area contributed by atoms with E-state index in [0.717, 1.165) is 54.5 Å². The lowest BCUT2D eigenvalue weighted by atomic mass is 9.99. The quantitative estimate of drug-likeness (QED) is 0.225. The van der Waals surface area contributed by atoms with Gasteiger partial charge in [-0.25, -0.2) is 23.3 Å². The van der Waals surface area contributed by atoms with Crippen molar-refractivity contribution in [3.05, 3.63) is 126 Å². The first-order valence-corrected chi connectivity index (χ1v) is 14.2. The number of amides is 1. The fourth-order valence-electron chi connectivity index (χ4n) is 5.53. The fraction of sp³-hybridized carbons (Fsp3) is 0.118. The Hall–Kier alpha value is -5.48. The summed E-state index contributed by atoms with van der Waals surface area (Å²) in [6, 6.07) is 23.8. The number of carbonyl (C=O) groups excluding carboxylic acids is 1. The van der Waals surface area contributed by atoms with E-state index >= 15 is 0 Å². The molecule has 0 fully saturated rings. The van der Waals surface area contributed by atoms with Gasteiger partial charge in [0.05, 0.1) is 22.3 Å².